The monoisotopic (exact) mass is 250 g/mol. The smallest absolute Gasteiger partial charge is 0.274 e. The van der Waals surface area contributed by atoms with E-state index in [1.54, 1.807) is 12.1 Å². The van der Waals surface area contributed by atoms with Crippen molar-refractivity contribution in [2.24, 2.45) is 5.73 Å². The summed E-state index contributed by atoms with van der Waals surface area (Å²) in [5.74, 6) is 0.203. The number of nitrogens with two attached hydrogens (primary N) is 2. The normalized spacial score (nSPS) is 8.75. The zero-order valence-corrected chi connectivity index (χ0v) is 8.43. The van der Waals surface area contributed by atoms with Crippen molar-refractivity contribution in [1.29, 1.82) is 0 Å². The van der Waals surface area contributed by atoms with Crippen LogP contribution in [0.2, 0.25) is 0 Å². The Hall–Kier alpha value is -0.740. The number of rotatable bonds is 1. The lowest BCUT2D eigenvalue weighted by Gasteiger charge is -1.97. The summed E-state index contributed by atoms with van der Waals surface area (Å²) in [6.07, 6.45) is 0. The standard InChI is InChI=1S/C7H7BrN2O.ClH/c8-4-1-2-5(7(9)10)6(11)3-4;/h1-3,11H,(H3,9,10);1H. The van der Waals surface area contributed by atoms with Gasteiger partial charge in [-0.1, -0.05) is 15.9 Å². The average Bonchev–Trinajstić information content (AvgIpc) is 1.85. The summed E-state index contributed by atoms with van der Waals surface area (Å²) in [5, 5.41) is 14.5. The van der Waals surface area contributed by atoms with Crippen molar-refractivity contribution in [3.05, 3.63) is 28.2 Å². The van der Waals surface area contributed by atoms with Gasteiger partial charge in [-0.25, -0.2) is 0 Å². The Labute approximate surface area is 84.6 Å². The van der Waals surface area contributed by atoms with Gasteiger partial charge in [0, 0.05) is 4.47 Å². The van der Waals surface area contributed by atoms with Crippen LogP contribution < -0.4 is 23.5 Å². The minimum atomic E-state index is 0. The van der Waals surface area contributed by atoms with Crippen LogP contribution in [0.1, 0.15) is 5.56 Å². The van der Waals surface area contributed by atoms with Gasteiger partial charge in [-0.3, -0.25) is 11.1 Å². The van der Waals surface area contributed by atoms with Gasteiger partial charge in [-0.05, 0) is 18.2 Å². The highest BCUT2D eigenvalue weighted by atomic mass is 79.9. The van der Waals surface area contributed by atoms with Crippen molar-refractivity contribution < 1.29 is 22.9 Å². The minimum absolute atomic E-state index is 0. The third-order valence-corrected chi connectivity index (χ3v) is 1.76. The van der Waals surface area contributed by atoms with Crippen LogP contribution in [0, 0.1) is 0 Å². The number of amidine groups is 1. The first-order chi connectivity index (χ1) is 5.11. The van der Waals surface area contributed by atoms with Crippen LogP contribution in [0.25, 0.3) is 0 Å². The molecule has 1 aromatic rings. The number of phenols is 1. The average molecular weight is 252 g/mol. The SMILES string of the molecule is NC(=[NH2+])c1ccc(Br)cc1O.[Cl-]. The third kappa shape index (κ3) is 2.39. The topological polar surface area (TPSA) is 71.8 Å². The van der Waals surface area contributed by atoms with Gasteiger partial charge in [0.25, 0.3) is 5.84 Å². The van der Waals surface area contributed by atoms with Gasteiger partial charge in [-0.2, -0.15) is 0 Å². The fourth-order valence-corrected chi connectivity index (χ4v) is 1.10. The maximum absolute atomic E-state index is 9.25. The Kier molecular flexibility index (Phi) is 4.06. The Morgan fingerprint density at radius 3 is 2.50 bits per heavy atom. The molecule has 0 fully saturated rings. The fraction of sp³-hybridized carbons (Fsp3) is 0. The summed E-state index contributed by atoms with van der Waals surface area (Å²) >= 11 is 3.19. The van der Waals surface area contributed by atoms with E-state index in [9.17, 15) is 5.11 Å². The molecule has 12 heavy (non-hydrogen) atoms. The number of halogens is 2. The molecule has 0 radical (unpaired) electrons. The van der Waals surface area contributed by atoms with Crippen molar-refractivity contribution in [3.63, 3.8) is 0 Å². The van der Waals surface area contributed by atoms with E-state index in [2.05, 4.69) is 15.9 Å². The van der Waals surface area contributed by atoms with Crippen molar-refractivity contribution >= 4 is 21.8 Å². The molecule has 0 aromatic heterocycles. The van der Waals surface area contributed by atoms with Gasteiger partial charge < -0.3 is 17.5 Å². The molecule has 0 aliphatic carbocycles. The number of hydrogen-bond acceptors (Lipinski definition) is 1. The first-order valence-electron chi connectivity index (χ1n) is 2.98. The van der Waals surface area contributed by atoms with Crippen molar-refractivity contribution in [1.82, 2.24) is 0 Å². The summed E-state index contributed by atoms with van der Waals surface area (Å²) in [6.45, 7) is 0. The molecular weight excluding hydrogens is 243 g/mol. The molecule has 3 nitrogen and oxygen atoms in total. The summed E-state index contributed by atoms with van der Waals surface area (Å²) in [6, 6.07) is 4.94. The molecular formula is C7H8BrClN2O. The van der Waals surface area contributed by atoms with Crippen LogP contribution in [-0.4, -0.2) is 10.9 Å². The summed E-state index contributed by atoms with van der Waals surface area (Å²) < 4.78 is 0.792. The number of hydrogen-bond donors (Lipinski definition) is 3. The number of aromatic hydroxyl groups is 1. The molecule has 0 aliphatic heterocycles. The van der Waals surface area contributed by atoms with Crippen LogP contribution in [0.4, 0.5) is 0 Å². The molecule has 0 saturated carbocycles. The van der Waals surface area contributed by atoms with E-state index in [1.165, 1.54) is 6.07 Å². The quantitative estimate of drug-likeness (QED) is 0.360. The molecule has 5 N–H and O–H groups in total. The molecule has 0 aliphatic rings. The van der Waals surface area contributed by atoms with E-state index < -0.39 is 0 Å². The lowest BCUT2D eigenvalue weighted by molar-refractivity contribution is -0.114. The van der Waals surface area contributed by atoms with Crippen LogP contribution in [0.15, 0.2) is 22.7 Å². The molecule has 0 bridgehead atoms. The Balaban J connectivity index is 0.00000121. The highest BCUT2D eigenvalue weighted by molar-refractivity contribution is 9.10. The van der Waals surface area contributed by atoms with Crippen molar-refractivity contribution in [3.8, 4) is 5.75 Å². The first-order valence-corrected chi connectivity index (χ1v) is 3.77. The second kappa shape index (κ2) is 4.33. The predicted molar refractivity (Wildman–Crippen MR) is 46.0 cm³/mol. The highest BCUT2D eigenvalue weighted by Crippen LogP contribution is 2.20. The fourth-order valence-electron chi connectivity index (χ4n) is 0.749. The van der Waals surface area contributed by atoms with E-state index >= 15 is 0 Å². The number of phenolic OH excluding ortho intramolecular Hbond substituents is 1. The Morgan fingerprint density at radius 2 is 2.08 bits per heavy atom. The van der Waals surface area contributed by atoms with E-state index in [-0.39, 0.29) is 24.0 Å². The Bertz CT molecular complexity index is 303. The second-order valence-corrected chi connectivity index (χ2v) is 3.03. The van der Waals surface area contributed by atoms with Gasteiger partial charge in [-0.15, -0.1) is 0 Å². The molecule has 66 valence electrons. The zero-order valence-electron chi connectivity index (χ0n) is 6.09. The van der Waals surface area contributed by atoms with Gasteiger partial charge in [0.15, 0.2) is 0 Å². The van der Waals surface area contributed by atoms with Crippen LogP contribution in [0.3, 0.4) is 0 Å². The van der Waals surface area contributed by atoms with E-state index in [0.29, 0.717) is 5.56 Å². The Morgan fingerprint density at radius 1 is 1.50 bits per heavy atom. The maximum Gasteiger partial charge on any atom is 0.274 e. The maximum atomic E-state index is 9.25. The minimum Gasteiger partial charge on any atom is -1.00 e. The van der Waals surface area contributed by atoms with Crippen LogP contribution in [0.5, 0.6) is 5.75 Å². The summed E-state index contributed by atoms with van der Waals surface area (Å²) in [7, 11) is 0. The second-order valence-electron chi connectivity index (χ2n) is 2.12. The summed E-state index contributed by atoms with van der Waals surface area (Å²) in [5.41, 5.74) is 5.75. The summed E-state index contributed by atoms with van der Waals surface area (Å²) in [4.78, 5) is 0. The molecule has 1 rings (SSSR count). The zero-order chi connectivity index (χ0) is 8.43. The lowest BCUT2D eigenvalue weighted by atomic mass is 10.2. The van der Waals surface area contributed by atoms with Crippen LogP contribution >= 0.6 is 15.9 Å². The largest absolute Gasteiger partial charge is 1.00 e. The first kappa shape index (κ1) is 11.3. The molecule has 0 heterocycles. The van der Waals surface area contributed by atoms with Crippen molar-refractivity contribution in [2.45, 2.75) is 0 Å². The molecule has 0 saturated heterocycles. The molecule has 1 aromatic carbocycles. The van der Waals surface area contributed by atoms with Crippen molar-refractivity contribution in [2.75, 3.05) is 0 Å². The van der Waals surface area contributed by atoms with E-state index in [4.69, 9.17) is 11.1 Å². The van der Waals surface area contributed by atoms with Crippen LogP contribution in [-0.2, 0) is 0 Å². The third-order valence-electron chi connectivity index (χ3n) is 1.27. The van der Waals surface area contributed by atoms with Gasteiger partial charge in [0.05, 0.1) is 0 Å². The molecule has 0 spiro atoms. The molecule has 0 unspecified atom stereocenters. The predicted octanol–water partition coefficient (Wildman–Crippen LogP) is -3.38. The highest BCUT2D eigenvalue weighted by Gasteiger charge is 2.07. The lowest BCUT2D eigenvalue weighted by Crippen LogP contribution is -3.00. The number of benzene rings is 1. The van der Waals surface area contributed by atoms with Gasteiger partial charge in [0.1, 0.15) is 11.3 Å². The molecule has 0 amide bonds. The van der Waals surface area contributed by atoms with E-state index in [0.717, 1.165) is 4.47 Å². The molecule has 5 heteroatoms. The molecule has 0 atom stereocenters. The van der Waals surface area contributed by atoms with Gasteiger partial charge in [0.2, 0.25) is 0 Å². The van der Waals surface area contributed by atoms with Gasteiger partial charge >= 0.3 is 0 Å². The van der Waals surface area contributed by atoms with E-state index in [1.807, 2.05) is 0 Å².